The molecule has 0 aliphatic heterocycles. The summed E-state index contributed by atoms with van der Waals surface area (Å²) in [6, 6.07) is 8.20. The molecule has 1 aliphatic carbocycles. The maximum absolute atomic E-state index is 12.1. The van der Waals surface area contributed by atoms with Gasteiger partial charge in [-0.1, -0.05) is 18.2 Å². The minimum atomic E-state index is -0.441. The third kappa shape index (κ3) is 4.28. The van der Waals surface area contributed by atoms with E-state index in [1.165, 1.54) is 35.3 Å². The highest BCUT2D eigenvalue weighted by Crippen LogP contribution is 2.24. The van der Waals surface area contributed by atoms with E-state index in [4.69, 9.17) is 4.74 Å². The number of aryl methyl sites for hydroxylation is 3. The average Bonchev–Trinajstić information content (AvgIpc) is 3.05. The summed E-state index contributed by atoms with van der Waals surface area (Å²) in [5.41, 5.74) is 4.78. The fraction of sp³-hybridized carbons (Fsp3) is 0.400. The second-order valence-corrected chi connectivity index (χ2v) is 7.45. The number of carbonyl (C=O) groups excluding carboxylic acids is 2. The lowest BCUT2D eigenvalue weighted by atomic mass is 9.89. The fourth-order valence-corrected chi connectivity index (χ4v) is 3.99. The Hall–Kier alpha value is -2.14. The van der Waals surface area contributed by atoms with Crippen LogP contribution in [0.5, 0.6) is 0 Å². The lowest BCUT2D eigenvalue weighted by Gasteiger charge is -2.20. The maximum atomic E-state index is 12.1. The van der Waals surface area contributed by atoms with Gasteiger partial charge < -0.3 is 10.1 Å². The molecular weight excluding hydrogens is 334 g/mol. The van der Waals surface area contributed by atoms with Crippen molar-refractivity contribution in [2.45, 2.75) is 45.6 Å². The van der Waals surface area contributed by atoms with Crippen LogP contribution in [-0.2, 0) is 22.4 Å². The monoisotopic (exact) mass is 357 g/mol. The van der Waals surface area contributed by atoms with E-state index in [1.807, 2.05) is 25.3 Å². The topological polar surface area (TPSA) is 55.4 Å². The number of thiophene rings is 1. The van der Waals surface area contributed by atoms with Crippen LogP contribution in [0.3, 0.4) is 0 Å². The van der Waals surface area contributed by atoms with E-state index in [0.717, 1.165) is 24.0 Å². The summed E-state index contributed by atoms with van der Waals surface area (Å²) in [5, 5.41) is 4.74. The molecule has 1 amide bonds. The summed E-state index contributed by atoms with van der Waals surface area (Å²) < 4.78 is 5.12. The van der Waals surface area contributed by atoms with Crippen molar-refractivity contribution in [1.29, 1.82) is 0 Å². The molecule has 0 saturated heterocycles. The Labute approximate surface area is 152 Å². The number of hydrogen-bond acceptors (Lipinski definition) is 4. The van der Waals surface area contributed by atoms with Gasteiger partial charge in [-0.05, 0) is 73.2 Å². The summed E-state index contributed by atoms with van der Waals surface area (Å²) in [6.45, 7) is 3.55. The largest absolute Gasteiger partial charge is 0.451 e. The van der Waals surface area contributed by atoms with E-state index in [-0.39, 0.29) is 18.6 Å². The van der Waals surface area contributed by atoms with Gasteiger partial charge in [0.2, 0.25) is 0 Å². The quantitative estimate of drug-likeness (QED) is 0.824. The molecule has 0 bridgehead atoms. The third-order valence-electron chi connectivity index (χ3n) is 4.63. The molecule has 25 heavy (non-hydrogen) atoms. The molecular formula is C20H23NO3S. The molecule has 1 unspecified atom stereocenters. The van der Waals surface area contributed by atoms with Gasteiger partial charge in [-0.2, -0.15) is 0 Å². The molecule has 1 N–H and O–H groups in total. The standard InChI is InChI=1S/C20H23NO3S/c1-13-9-10-25-19(13)20(23)24-12-18(22)21-14(2)16-8-7-15-5-3-4-6-17(15)11-16/h7-11,14H,3-6,12H2,1-2H3,(H,21,22). The first-order chi connectivity index (χ1) is 12.0. The van der Waals surface area contributed by atoms with Gasteiger partial charge in [0.1, 0.15) is 4.88 Å². The van der Waals surface area contributed by atoms with E-state index in [9.17, 15) is 9.59 Å². The number of nitrogens with one attached hydrogen (secondary N) is 1. The highest BCUT2D eigenvalue weighted by Gasteiger charge is 2.17. The number of carbonyl (C=O) groups is 2. The SMILES string of the molecule is Cc1ccsc1C(=O)OCC(=O)NC(C)c1ccc2c(c1)CCCC2. The Kier molecular flexibility index (Phi) is 5.53. The molecule has 0 saturated carbocycles. The van der Waals surface area contributed by atoms with Gasteiger partial charge in [0, 0.05) is 0 Å². The minimum absolute atomic E-state index is 0.109. The van der Waals surface area contributed by atoms with Crippen molar-refractivity contribution in [3.63, 3.8) is 0 Å². The molecule has 0 spiro atoms. The second-order valence-electron chi connectivity index (χ2n) is 6.53. The zero-order valence-electron chi connectivity index (χ0n) is 14.6. The first kappa shape index (κ1) is 17.7. The number of benzene rings is 1. The van der Waals surface area contributed by atoms with Crippen molar-refractivity contribution in [2.24, 2.45) is 0 Å². The van der Waals surface area contributed by atoms with Crippen molar-refractivity contribution >= 4 is 23.2 Å². The van der Waals surface area contributed by atoms with Gasteiger partial charge in [0.25, 0.3) is 5.91 Å². The molecule has 0 fully saturated rings. The van der Waals surface area contributed by atoms with Crippen LogP contribution in [0.1, 0.15) is 57.7 Å². The normalized spacial score (nSPS) is 14.5. The predicted octanol–water partition coefficient (Wildman–Crippen LogP) is 3.97. The van der Waals surface area contributed by atoms with Crippen molar-refractivity contribution < 1.29 is 14.3 Å². The molecule has 5 heteroatoms. The molecule has 1 aromatic carbocycles. The Morgan fingerprint density at radius 3 is 2.68 bits per heavy atom. The lowest BCUT2D eigenvalue weighted by Crippen LogP contribution is -2.31. The number of rotatable bonds is 5. The summed E-state index contributed by atoms with van der Waals surface area (Å²) >= 11 is 1.33. The molecule has 1 aromatic heterocycles. The lowest BCUT2D eigenvalue weighted by molar-refractivity contribution is -0.124. The smallest absolute Gasteiger partial charge is 0.349 e. The van der Waals surface area contributed by atoms with E-state index < -0.39 is 5.97 Å². The highest BCUT2D eigenvalue weighted by atomic mass is 32.1. The summed E-state index contributed by atoms with van der Waals surface area (Å²) in [6.07, 6.45) is 4.75. The minimum Gasteiger partial charge on any atom is -0.451 e. The van der Waals surface area contributed by atoms with Gasteiger partial charge in [0.15, 0.2) is 6.61 Å². The maximum Gasteiger partial charge on any atom is 0.349 e. The van der Waals surface area contributed by atoms with Crippen LogP contribution in [-0.4, -0.2) is 18.5 Å². The second kappa shape index (κ2) is 7.83. The molecule has 3 rings (SSSR count). The Morgan fingerprint density at radius 1 is 1.20 bits per heavy atom. The molecule has 1 aliphatic rings. The number of fused-ring (bicyclic) bond motifs is 1. The first-order valence-electron chi connectivity index (χ1n) is 8.67. The van der Waals surface area contributed by atoms with Gasteiger partial charge in [0.05, 0.1) is 6.04 Å². The zero-order valence-corrected chi connectivity index (χ0v) is 15.4. The van der Waals surface area contributed by atoms with Crippen molar-refractivity contribution in [2.75, 3.05) is 6.61 Å². The van der Waals surface area contributed by atoms with Crippen LogP contribution in [0.2, 0.25) is 0 Å². The van der Waals surface area contributed by atoms with E-state index >= 15 is 0 Å². The number of esters is 1. The summed E-state index contributed by atoms with van der Waals surface area (Å²) in [5.74, 6) is -0.725. The van der Waals surface area contributed by atoms with E-state index in [2.05, 4.69) is 23.5 Å². The van der Waals surface area contributed by atoms with Crippen molar-refractivity contribution in [3.8, 4) is 0 Å². The van der Waals surface area contributed by atoms with Crippen LogP contribution in [0.25, 0.3) is 0 Å². The zero-order chi connectivity index (χ0) is 17.8. The molecule has 0 radical (unpaired) electrons. The first-order valence-corrected chi connectivity index (χ1v) is 9.55. The molecule has 1 atom stereocenters. The third-order valence-corrected chi connectivity index (χ3v) is 5.63. The Morgan fingerprint density at radius 2 is 1.96 bits per heavy atom. The van der Waals surface area contributed by atoms with Crippen LogP contribution >= 0.6 is 11.3 Å². The van der Waals surface area contributed by atoms with Gasteiger partial charge in [-0.15, -0.1) is 11.3 Å². The van der Waals surface area contributed by atoms with E-state index in [1.54, 1.807) is 0 Å². The number of ether oxygens (including phenoxy) is 1. The van der Waals surface area contributed by atoms with Gasteiger partial charge in [-0.3, -0.25) is 4.79 Å². The Bertz CT molecular complexity index is 781. The van der Waals surface area contributed by atoms with Crippen molar-refractivity contribution in [3.05, 3.63) is 56.8 Å². The van der Waals surface area contributed by atoms with Crippen LogP contribution in [0, 0.1) is 6.92 Å². The van der Waals surface area contributed by atoms with Crippen LogP contribution < -0.4 is 5.32 Å². The molecule has 2 aromatic rings. The summed E-state index contributed by atoms with van der Waals surface area (Å²) in [7, 11) is 0. The highest BCUT2D eigenvalue weighted by molar-refractivity contribution is 7.12. The fourth-order valence-electron chi connectivity index (χ4n) is 3.17. The summed E-state index contributed by atoms with van der Waals surface area (Å²) in [4.78, 5) is 24.6. The number of hydrogen-bond donors (Lipinski definition) is 1. The van der Waals surface area contributed by atoms with Gasteiger partial charge >= 0.3 is 5.97 Å². The van der Waals surface area contributed by atoms with Crippen LogP contribution in [0.4, 0.5) is 0 Å². The number of amides is 1. The van der Waals surface area contributed by atoms with Gasteiger partial charge in [-0.25, -0.2) is 4.79 Å². The average molecular weight is 357 g/mol. The predicted molar refractivity (Wildman–Crippen MR) is 99.0 cm³/mol. The Balaban J connectivity index is 1.54. The molecule has 1 heterocycles. The van der Waals surface area contributed by atoms with Crippen molar-refractivity contribution in [1.82, 2.24) is 5.32 Å². The van der Waals surface area contributed by atoms with Crippen LogP contribution in [0.15, 0.2) is 29.6 Å². The molecule has 132 valence electrons. The van der Waals surface area contributed by atoms with E-state index in [0.29, 0.717) is 4.88 Å². The molecule has 4 nitrogen and oxygen atoms in total.